The molecule has 1 unspecified atom stereocenters. The van der Waals surface area contributed by atoms with Crippen LogP contribution in [0.2, 0.25) is 0 Å². The molecule has 1 N–H and O–H groups in total. The molecule has 0 aliphatic carbocycles. The van der Waals surface area contributed by atoms with Crippen molar-refractivity contribution in [1.29, 1.82) is 0 Å². The van der Waals surface area contributed by atoms with Crippen LogP contribution in [0.4, 0.5) is 0 Å². The van der Waals surface area contributed by atoms with Crippen molar-refractivity contribution in [3.8, 4) is 11.5 Å². The van der Waals surface area contributed by atoms with Crippen molar-refractivity contribution in [3.05, 3.63) is 66.8 Å². The maximum atomic E-state index is 9.55. The first kappa shape index (κ1) is 21.1. The Bertz CT molecular complexity index is 606. The third-order valence-corrected chi connectivity index (χ3v) is 4.23. The first-order valence-electron chi connectivity index (χ1n) is 7.91. The van der Waals surface area contributed by atoms with E-state index in [1.54, 1.807) is 0 Å². The Hall–Kier alpha value is -0.896. The molecular weight excluding hydrogens is 377 g/mol. The smallest absolute Gasteiger partial charge is 0.119 e. The quantitative estimate of drug-likeness (QED) is 0.701. The van der Waals surface area contributed by atoms with Crippen molar-refractivity contribution in [1.82, 2.24) is 0 Å². The Kier molecular flexibility index (Phi) is 8.42. The van der Waals surface area contributed by atoms with Crippen LogP contribution in [0.15, 0.2) is 48.5 Å². The maximum absolute atomic E-state index is 9.55. The van der Waals surface area contributed by atoms with E-state index in [-0.39, 0.29) is 38.1 Å². The van der Waals surface area contributed by atoms with Crippen molar-refractivity contribution in [2.75, 3.05) is 6.61 Å². The molecular formula is C20H25O3Y-. The van der Waals surface area contributed by atoms with Gasteiger partial charge >= 0.3 is 0 Å². The monoisotopic (exact) mass is 402 g/mol. The molecule has 0 bridgehead atoms. The molecule has 0 aromatic heterocycles. The summed E-state index contributed by atoms with van der Waals surface area (Å²) in [5.41, 5.74) is 2.28. The minimum absolute atomic E-state index is 0. The summed E-state index contributed by atoms with van der Waals surface area (Å²) >= 11 is 0. The van der Waals surface area contributed by atoms with E-state index < -0.39 is 6.10 Å². The molecule has 2 rings (SSSR count). The van der Waals surface area contributed by atoms with Crippen LogP contribution in [0.1, 0.15) is 38.3 Å². The van der Waals surface area contributed by atoms with E-state index in [2.05, 4.69) is 45.2 Å². The van der Waals surface area contributed by atoms with Gasteiger partial charge < -0.3 is 14.6 Å². The zero-order valence-corrected chi connectivity index (χ0v) is 17.5. The predicted molar refractivity (Wildman–Crippen MR) is 92.8 cm³/mol. The standard InChI is InChI=1S/C20H25O3.Y/c1-5-17(21)14-23-19-12-8-16(9-13-19)20(2,3)15-6-10-18(22-4)11-7-15;/h6-13,17,21H,4-5,14H2,1-3H3;/q-1;. The van der Waals surface area contributed by atoms with Gasteiger partial charge in [-0.15, -0.1) is 0 Å². The summed E-state index contributed by atoms with van der Waals surface area (Å²) in [6.07, 6.45) is 0.276. The van der Waals surface area contributed by atoms with Crippen LogP contribution in [0.5, 0.6) is 11.5 Å². The molecule has 0 heterocycles. The molecule has 0 aliphatic rings. The van der Waals surface area contributed by atoms with E-state index in [9.17, 15) is 5.11 Å². The number of ether oxygens (including phenoxy) is 2. The maximum Gasteiger partial charge on any atom is 0.119 e. The Morgan fingerprint density at radius 1 is 0.958 bits per heavy atom. The zero-order chi connectivity index (χ0) is 16.9. The average molecular weight is 402 g/mol. The Labute approximate surface area is 170 Å². The fourth-order valence-electron chi connectivity index (χ4n) is 2.41. The Morgan fingerprint density at radius 3 is 1.83 bits per heavy atom. The Morgan fingerprint density at radius 2 is 1.42 bits per heavy atom. The predicted octanol–water partition coefficient (Wildman–Crippen LogP) is 4.33. The minimum atomic E-state index is -0.417. The summed E-state index contributed by atoms with van der Waals surface area (Å²) in [6, 6.07) is 16.0. The average Bonchev–Trinajstić information content (AvgIpc) is 2.60. The van der Waals surface area contributed by atoms with Crippen molar-refractivity contribution in [2.45, 2.75) is 38.7 Å². The van der Waals surface area contributed by atoms with Gasteiger partial charge in [-0.25, -0.2) is 0 Å². The van der Waals surface area contributed by atoms with Crippen LogP contribution in [-0.2, 0) is 38.1 Å². The Balaban J connectivity index is 0.00000288. The van der Waals surface area contributed by atoms with Gasteiger partial charge in [-0.3, -0.25) is 0 Å². The molecule has 127 valence electrons. The summed E-state index contributed by atoms with van der Waals surface area (Å²) in [4.78, 5) is 0. The van der Waals surface area contributed by atoms with Gasteiger partial charge in [0.2, 0.25) is 0 Å². The SMILES string of the molecule is [CH2-]Oc1ccc(C(C)(C)c2ccc(OCC(O)CC)cc2)cc1.[Y]. The minimum Gasteiger partial charge on any atom is -0.665 e. The van der Waals surface area contributed by atoms with Gasteiger partial charge in [0.05, 0.1) is 11.9 Å². The molecule has 24 heavy (non-hydrogen) atoms. The summed E-state index contributed by atoms with van der Waals surface area (Å²) < 4.78 is 10.6. The van der Waals surface area contributed by atoms with E-state index in [1.807, 2.05) is 31.2 Å². The van der Waals surface area contributed by atoms with Crippen LogP contribution in [-0.4, -0.2) is 17.8 Å². The van der Waals surface area contributed by atoms with E-state index in [0.717, 1.165) is 11.5 Å². The second-order valence-corrected chi connectivity index (χ2v) is 6.19. The van der Waals surface area contributed by atoms with Crippen LogP contribution in [0.3, 0.4) is 0 Å². The molecule has 1 radical (unpaired) electrons. The molecule has 0 amide bonds. The van der Waals surface area contributed by atoms with Crippen molar-refractivity contribution in [2.24, 2.45) is 0 Å². The zero-order valence-electron chi connectivity index (χ0n) is 14.7. The van der Waals surface area contributed by atoms with Crippen LogP contribution < -0.4 is 9.47 Å². The number of hydrogen-bond donors (Lipinski definition) is 1. The molecule has 0 fully saturated rings. The fourth-order valence-corrected chi connectivity index (χ4v) is 2.41. The van der Waals surface area contributed by atoms with Crippen LogP contribution in [0, 0.1) is 7.11 Å². The van der Waals surface area contributed by atoms with Gasteiger partial charge in [-0.1, -0.05) is 45.0 Å². The summed E-state index contributed by atoms with van der Waals surface area (Å²) in [5.74, 6) is 1.53. The van der Waals surface area contributed by atoms with Gasteiger partial charge in [0.15, 0.2) is 0 Å². The molecule has 0 spiro atoms. The first-order valence-corrected chi connectivity index (χ1v) is 7.91. The van der Waals surface area contributed by atoms with E-state index in [4.69, 9.17) is 9.47 Å². The van der Waals surface area contributed by atoms with Gasteiger partial charge in [-0.05, 0) is 41.8 Å². The van der Waals surface area contributed by atoms with Crippen molar-refractivity contribution < 1.29 is 47.3 Å². The van der Waals surface area contributed by atoms with Gasteiger partial charge in [-0.2, -0.15) is 7.11 Å². The molecule has 0 saturated heterocycles. The topological polar surface area (TPSA) is 38.7 Å². The van der Waals surface area contributed by atoms with Gasteiger partial charge in [0.1, 0.15) is 12.4 Å². The van der Waals surface area contributed by atoms with Gasteiger partial charge in [0.25, 0.3) is 0 Å². The van der Waals surface area contributed by atoms with E-state index >= 15 is 0 Å². The number of rotatable bonds is 7. The third kappa shape index (κ3) is 5.30. The third-order valence-electron chi connectivity index (χ3n) is 4.23. The molecule has 4 heteroatoms. The van der Waals surface area contributed by atoms with Crippen LogP contribution in [0.25, 0.3) is 0 Å². The normalized spacial score (nSPS) is 12.2. The number of hydrogen-bond acceptors (Lipinski definition) is 3. The van der Waals surface area contributed by atoms with Gasteiger partial charge in [0, 0.05) is 38.1 Å². The second kappa shape index (κ2) is 9.55. The van der Waals surface area contributed by atoms with Crippen molar-refractivity contribution in [3.63, 3.8) is 0 Å². The summed E-state index contributed by atoms with van der Waals surface area (Å²) in [6.45, 7) is 6.63. The molecule has 2 aromatic rings. The molecule has 3 nitrogen and oxygen atoms in total. The fraction of sp³-hybridized carbons (Fsp3) is 0.350. The number of benzene rings is 2. The second-order valence-electron chi connectivity index (χ2n) is 6.19. The first-order chi connectivity index (χ1) is 11.0. The molecule has 1 atom stereocenters. The molecule has 0 aliphatic heterocycles. The molecule has 2 aromatic carbocycles. The van der Waals surface area contributed by atoms with E-state index in [1.165, 1.54) is 11.1 Å². The van der Waals surface area contributed by atoms with E-state index in [0.29, 0.717) is 13.0 Å². The van der Waals surface area contributed by atoms with Crippen molar-refractivity contribution >= 4 is 0 Å². The van der Waals surface area contributed by atoms with Crippen LogP contribution >= 0.6 is 0 Å². The molecule has 0 saturated carbocycles. The largest absolute Gasteiger partial charge is 0.665 e. The summed E-state index contributed by atoms with van der Waals surface area (Å²) in [7, 11) is 3.42. The number of aliphatic hydroxyl groups excluding tert-OH is 1. The number of aliphatic hydroxyl groups is 1. The summed E-state index contributed by atoms with van der Waals surface area (Å²) in [5, 5.41) is 9.55.